The fourth-order valence-electron chi connectivity index (χ4n) is 1.05. The summed E-state index contributed by atoms with van der Waals surface area (Å²) in [6.45, 7) is 5.96. The van der Waals surface area contributed by atoms with Crippen LogP contribution in [0.15, 0.2) is 29.4 Å². The molecule has 0 fully saturated rings. The molecule has 1 rings (SSSR count). The molecule has 0 saturated heterocycles. The Bertz CT molecular complexity index is 397. The summed E-state index contributed by atoms with van der Waals surface area (Å²) in [5.74, 6) is 1.04. The molecule has 0 aliphatic heterocycles. The largest absolute Gasteiger partial charge is 0.351 e. The first kappa shape index (κ1) is 12.0. The van der Waals surface area contributed by atoms with Crippen LogP contribution in [0.2, 0.25) is 0 Å². The predicted molar refractivity (Wildman–Crippen MR) is 63.8 cm³/mol. The van der Waals surface area contributed by atoms with E-state index in [0.29, 0.717) is 11.8 Å². The third-order valence-corrected chi connectivity index (χ3v) is 1.57. The third kappa shape index (κ3) is 4.42. The van der Waals surface area contributed by atoms with Gasteiger partial charge in [-0.05, 0) is 32.9 Å². The lowest BCUT2D eigenvalue weighted by Gasteiger charge is -2.22. The predicted octanol–water partition coefficient (Wildman–Crippen LogP) is 1.72. The number of hydrogen-bond donors (Lipinski definition) is 2. The van der Waals surface area contributed by atoms with Gasteiger partial charge in [-0.2, -0.15) is 5.26 Å². The monoisotopic (exact) mass is 217 g/mol. The molecule has 0 spiro atoms. The Morgan fingerprint density at radius 2 is 2.19 bits per heavy atom. The molecule has 5 nitrogen and oxygen atoms in total. The third-order valence-electron chi connectivity index (χ3n) is 1.57. The van der Waals surface area contributed by atoms with Crippen LogP contribution in [0, 0.1) is 11.5 Å². The van der Waals surface area contributed by atoms with Gasteiger partial charge in [-0.15, -0.1) is 4.99 Å². The van der Waals surface area contributed by atoms with Crippen LogP contribution >= 0.6 is 0 Å². The Kier molecular flexibility index (Phi) is 3.84. The molecular formula is C11H15N5. The molecule has 0 bridgehead atoms. The van der Waals surface area contributed by atoms with Crippen molar-refractivity contribution in [3.8, 4) is 6.19 Å². The van der Waals surface area contributed by atoms with Crippen LogP contribution in [0.1, 0.15) is 20.8 Å². The van der Waals surface area contributed by atoms with E-state index in [1.807, 2.05) is 32.9 Å². The number of nitrogens with one attached hydrogen (secondary N) is 2. The topological polar surface area (TPSA) is 73.1 Å². The highest BCUT2D eigenvalue weighted by molar-refractivity contribution is 5.93. The summed E-state index contributed by atoms with van der Waals surface area (Å²) in [5, 5.41) is 14.6. The van der Waals surface area contributed by atoms with Crippen molar-refractivity contribution in [1.29, 1.82) is 5.26 Å². The van der Waals surface area contributed by atoms with Crippen LogP contribution in [-0.4, -0.2) is 16.5 Å². The number of pyridine rings is 1. The quantitative estimate of drug-likeness (QED) is 0.427. The van der Waals surface area contributed by atoms with Gasteiger partial charge < -0.3 is 10.6 Å². The smallest absolute Gasteiger partial charge is 0.213 e. The first-order valence-electron chi connectivity index (χ1n) is 4.94. The van der Waals surface area contributed by atoms with Crippen molar-refractivity contribution in [3.63, 3.8) is 0 Å². The molecule has 0 atom stereocenters. The SMILES string of the molecule is CC(C)(C)N/C(=N/C#N)Nc1ccccn1. The zero-order valence-electron chi connectivity index (χ0n) is 9.65. The fourth-order valence-corrected chi connectivity index (χ4v) is 1.05. The second-order valence-corrected chi connectivity index (χ2v) is 4.28. The summed E-state index contributed by atoms with van der Waals surface area (Å²) < 4.78 is 0. The van der Waals surface area contributed by atoms with Gasteiger partial charge in [0, 0.05) is 11.7 Å². The van der Waals surface area contributed by atoms with Gasteiger partial charge >= 0.3 is 0 Å². The average molecular weight is 217 g/mol. The van der Waals surface area contributed by atoms with Crippen LogP contribution in [0.3, 0.4) is 0 Å². The lowest BCUT2D eigenvalue weighted by molar-refractivity contribution is 0.511. The summed E-state index contributed by atoms with van der Waals surface area (Å²) in [6.07, 6.45) is 3.42. The molecule has 1 aromatic heterocycles. The highest BCUT2D eigenvalue weighted by Gasteiger charge is 2.12. The van der Waals surface area contributed by atoms with E-state index >= 15 is 0 Å². The normalized spacial score (nSPS) is 11.8. The Morgan fingerprint density at radius 3 is 2.69 bits per heavy atom. The van der Waals surface area contributed by atoms with Crippen molar-refractivity contribution in [2.75, 3.05) is 5.32 Å². The second-order valence-electron chi connectivity index (χ2n) is 4.28. The molecule has 1 aromatic rings. The number of nitriles is 1. The number of aromatic nitrogens is 1. The first-order chi connectivity index (χ1) is 7.51. The Balaban J connectivity index is 2.75. The van der Waals surface area contributed by atoms with E-state index in [1.165, 1.54) is 0 Å². The molecule has 2 N–H and O–H groups in total. The molecule has 0 amide bonds. The van der Waals surface area contributed by atoms with Crippen LogP contribution in [-0.2, 0) is 0 Å². The summed E-state index contributed by atoms with van der Waals surface area (Å²) in [7, 11) is 0. The van der Waals surface area contributed by atoms with E-state index < -0.39 is 0 Å². The maximum absolute atomic E-state index is 8.57. The molecule has 0 aromatic carbocycles. The number of aliphatic imine (C=N–C) groups is 1. The van der Waals surface area contributed by atoms with Crippen molar-refractivity contribution in [3.05, 3.63) is 24.4 Å². The molecule has 5 heteroatoms. The fraction of sp³-hybridized carbons (Fsp3) is 0.364. The summed E-state index contributed by atoms with van der Waals surface area (Å²) in [5.41, 5.74) is -0.169. The van der Waals surface area contributed by atoms with Gasteiger partial charge in [-0.25, -0.2) is 4.98 Å². The summed E-state index contributed by atoms with van der Waals surface area (Å²) >= 11 is 0. The summed E-state index contributed by atoms with van der Waals surface area (Å²) in [6, 6.07) is 5.48. The van der Waals surface area contributed by atoms with Crippen molar-refractivity contribution in [2.24, 2.45) is 4.99 Å². The Labute approximate surface area is 95.2 Å². The van der Waals surface area contributed by atoms with Crippen molar-refractivity contribution in [2.45, 2.75) is 26.3 Å². The van der Waals surface area contributed by atoms with E-state index in [9.17, 15) is 0 Å². The number of nitrogens with zero attached hydrogens (tertiary/aromatic N) is 3. The minimum Gasteiger partial charge on any atom is -0.351 e. The lowest BCUT2D eigenvalue weighted by Crippen LogP contribution is -2.44. The van der Waals surface area contributed by atoms with E-state index in [2.05, 4.69) is 20.6 Å². The van der Waals surface area contributed by atoms with Crippen molar-refractivity contribution in [1.82, 2.24) is 10.3 Å². The lowest BCUT2D eigenvalue weighted by atomic mass is 10.1. The Hall–Kier alpha value is -2.09. The van der Waals surface area contributed by atoms with E-state index in [4.69, 9.17) is 5.26 Å². The molecule has 84 valence electrons. The zero-order valence-corrected chi connectivity index (χ0v) is 9.65. The highest BCUT2D eigenvalue weighted by atomic mass is 15.2. The zero-order chi connectivity index (χ0) is 12.0. The molecule has 16 heavy (non-hydrogen) atoms. The van der Waals surface area contributed by atoms with Gasteiger partial charge in [0.15, 0.2) is 0 Å². The van der Waals surface area contributed by atoms with Gasteiger partial charge in [0.25, 0.3) is 0 Å². The second kappa shape index (κ2) is 5.12. The van der Waals surface area contributed by atoms with Gasteiger partial charge in [-0.1, -0.05) is 6.07 Å². The Morgan fingerprint density at radius 1 is 1.44 bits per heavy atom. The molecule has 0 saturated carbocycles. The van der Waals surface area contributed by atoms with E-state index in [1.54, 1.807) is 18.5 Å². The number of rotatable bonds is 1. The van der Waals surface area contributed by atoms with Gasteiger partial charge in [-0.3, -0.25) is 0 Å². The number of anilines is 1. The van der Waals surface area contributed by atoms with Crippen molar-refractivity contribution < 1.29 is 0 Å². The highest BCUT2D eigenvalue weighted by Crippen LogP contribution is 2.03. The number of guanidine groups is 1. The molecular weight excluding hydrogens is 202 g/mol. The van der Waals surface area contributed by atoms with Gasteiger partial charge in [0.1, 0.15) is 5.82 Å². The minimum absolute atomic E-state index is 0.169. The van der Waals surface area contributed by atoms with E-state index in [0.717, 1.165) is 0 Å². The maximum Gasteiger partial charge on any atom is 0.213 e. The molecule has 0 radical (unpaired) electrons. The van der Waals surface area contributed by atoms with Crippen LogP contribution in [0.25, 0.3) is 0 Å². The first-order valence-corrected chi connectivity index (χ1v) is 4.94. The number of hydrogen-bond acceptors (Lipinski definition) is 3. The van der Waals surface area contributed by atoms with Crippen LogP contribution < -0.4 is 10.6 Å². The van der Waals surface area contributed by atoms with Gasteiger partial charge in [0.2, 0.25) is 12.2 Å². The van der Waals surface area contributed by atoms with E-state index in [-0.39, 0.29) is 5.54 Å². The molecule has 1 heterocycles. The average Bonchev–Trinajstić information content (AvgIpc) is 2.17. The van der Waals surface area contributed by atoms with Crippen LogP contribution in [0.5, 0.6) is 0 Å². The van der Waals surface area contributed by atoms with Gasteiger partial charge in [0.05, 0.1) is 0 Å². The molecule has 0 unspecified atom stereocenters. The standard InChI is InChI=1S/C11H15N5/c1-11(2,3)16-10(14-8-12)15-9-6-4-5-7-13-9/h4-7H,1-3H3,(H2,13,14,15,16). The molecule has 0 aliphatic rings. The summed E-state index contributed by atoms with van der Waals surface area (Å²) in [4.78, 5) is 7.75. The van der Waals surface area contributed by atoms with Crippen LogP contribution in [0.4, 0.5) is 5.82 Å². The molecule has 0 aliphatic carbocycles. The maximum atomic E-state index is 8.57. The van der Waals surface area contributed by atoms with Crippen molar-refractivity contribution >= 4 is 11.8 Å². The minimum atomic E-state index is -0.169.